The lowest BCUT2D eigenvalue weighted by atomic mass is 10.0. The molecule has 0 radical (unpaired) electrons. The molecular formula is C17H20F3N2+. The van der Waals surface area contributed by atoms with Crippen LogP contribution in [-0.4, -0.2) is 14.1 Å². The van der Waals surface area contributed by atoms with Crippen LogP contribution in [0, 0.1) is 0 Å². The molecule has 0 unspecified atom stereocenters. The molecule has 1 aromatic carbocycles. The average molecular weight is 309 g/mol. The highest BCUT2D eigenvalue weighted by atomic mass is 19.4. The zero-order chi connectivity index (χ0) is 16.5. The number of hydrogen-bond acceptors (Lipinski definition) is 1. The number of anilines is 1. The van der Waals surface area contributed by atoms with Crippen molar-refractivity contribution in [1.29, 1.82) is 0 Å². The predicted molar refractivity (Wildman–Crippen MR) is 81.8 cm³/mol. The van der Waals surface area contributed by atoms with Gasteiger partial charge in [0.2, 0.25) is 0 Å². The van der Waals surface area contributed by atoms with Crippen LogP contribution < -0.4 is 9.47 Å². The fraction of sp³-hybridized carbons (Fsp3) is 0.353. The van der Waals surface area contributed by atoms with Crippen molar-refractivity contribution in [3.63, 3.8) is 0 Å². The number of rotatable bonds is 3. The number of aryl methyl sites for hydroxylation is 2. The quantitative estimate of drug-likeness (QED) is 0.782. The Labute approximate surface area is 128 Å². The lowest BCUT2D eigenvalue weighted by molar-refractivity contribution is -0.658. The van der Waals surface area contributed by atoms with E-state index in [1.165, 1.54) is 12.1 Å². The number of hydrogen-bond donors (Lipinski definition) is 0. The van der Waals surface area contributed by atoms with E-state index in [0.717, 1.165) is 29.4 Å². The molecule has 0 aliphatic heterocycles. The van der Waals surface area contributed by atoms with Crippen LogP contribution in [0.4, 0.5) is 19.0 Å². The summed E-state index contributed by atoms with van der Waals surface area (Å²) in [6.07, 6.45) is -1.65. The topological polar surface area (TPSA) is 7.12 Å². The molecule has 0 spiro atoms. The van der Waals surface area contributed by atoms with Crippen LogP contribution in [0.1, 0.15) is 18.1 Å². The van der Waals surface area contributed by atoms with Crippen molar-refractivity contribution in [1.82, 2.24) is 0 Å². The van der Waals surface area contributed by atoms with Crippen molar-refractivity contribution in [2.45, 2.75) is 19.5 Å². The molecule has 0 amide bonds. The van der Waals surface area contributed by atoms with Crippen LogP contribution in [0.15, 0.2) is 36.5 Å². The van der Waals surface area contributed by atoms with Crippen LogP contribution in [0.25, 0.3) is 11.1 Å². The molecule has 0 bridgehead atoms. The van der Waals surface area contributed by atoms with E-state index in [9.17, 15) is 13.2 Å². The Morgan fingerprint density at radius 2 is 1.77 bits per heavy atom. The van der Waals surface area contributed by atoms with E-state index in [2.05, 4.69) is 0 Å². The fourth-order valence-corrected chi connectivity index (χ4v) is 2.68. The summed E-state index contributed by atoms with van der Waals surface area (Å²) in [6, 6.07) is 7.41. The summed E-state index contributed by atoms with van der Waals surface area (Å²) in [4.78, 5) is 2.01. The molecule has 2 rings (SSSR count). The summed E-state index contributed by atoms with van der Waals surface area (Å²) >= 11 is 0. The number of halogens is 3. The van der Waals surface area contributed by atoms with E-state index >= 15 is 0 Å². The molecule has 22 heavy (non-hydrogen) atoms. The van der Waals surface area contributed by atoms with Crippen molar-refractivity contribution < 1.29 is 17.7 Å². The Morgan fingerprint density at radius 1 is 1.09 bits per heavy atom. The third-order valence-electron chi connectivity index (χ3n) is 3.61. The first-order valence-electron chi connectivity index (χ1n) is 7.11. The minimum absolute atomic E-state index is 0.574. The summed E-state index contributed by atoms with van der Waals surface area (Å²) in [5, 5.41) is 0. The lowest BCUT2D eigenvalue weighted by Gasteiger charge is -2.15. The van der Waals surface area contributed by atoms with Gasteiger partial charge >= 0.3 is 6.18 Å². The monoisotopic (exact) mass is 309 g/mol. The van der Waals surface area contributed by atoms with E-state index in [-0.39, 0.29) is 0 Å². The molecule has 0 aliphatic carbocycles. The van der Waals surface area contributed by atoms with Crippen LogP contribution in [0.2, 0.25) is 0 Å². The van der Waals surface area contributed by atoms with Gasteiger partial charge in [0, 0.05) is 11.1 Å². The maximum atomic E-state index is 12.9. The molecule has 0 N–H and O–H groups in total. The second-order valence-electron chi connectivity index (χ2n) is 5.52. The third kappa shape index (κ3) is 3.24. The Kier molecular flexibility index (Phi) is 4.44. The number of pyridine rings is 1. The normalized spacial score (nSPS) is 11.6. The van der Waals surface area contributed by atoms with Crippen LogP contribution in [0.5, 0.6) is 0 Å². The highest BCUT2D eigenvalue weighted by molar-refractivity contribution is 5.65. The number of nitrogens with zero attached hydrogens (tertiary/aromatic N) is 2. The molecule has 0 fully saturated rings. The van der Waals surface area contributed by atoms with Gasteiger partial charge in [-0.1, -0.05) is 19.1 Å². The van der Waals surface area contributed by atoms with Crippen molar-refractivity contribution in [2.24, 2.45) is 7.05 Å². The van der Waals surface area contributed by atoms with Crippen LogP contribution in [0.3, 0.4) is 0 Å². The van der Waals surface area contributed by atoms with Gasteiger partial charge < -0.3 is 0 Å². The van der Waals surface area contributed by atoms with E-state index < -0.39 is 11.7 Å². The third-order valence-corrected chi connectivity index (χ3v) is 3.61. The molecule has 1 heterocycles. The zero-order valence-electron chi connectivity index (χ0n) is 13.2. The van der Waals surface area contributed by atoms with Gasteiger partial charge in [0.15, 0.2) is 0 Å². The SMILES string of the molecule is CCc1cc(-c2cccc(C(F)(F)F)c2)c[n+](C)c1N(C)C. The molecule has 2 aromatic rings. The smallest absolute Gasteiger partial charge is 0.267 e. The first-order valence-corrected chi connectivity index (χ1v) is 7.11. The molecule has 118 valence electrons. The standard InChI is InChI=1S/C17H20F3N2/c1-5-12-9-14(11-22(4)16(12)21(2)3)13-7-6-8-15(10-13)17(18,19)20/h6-11H,5H2,1-4H3/q+1. The minimum atomic E-state index is -4.32. The summed E-state index contributed by atoms with van der Waals surface area (Å²) in [6.45, 7) is 2.04. The molecule has 0 aliphatic rings. The van der Waals surface area contributed by atoms with E-state index in [0.29, 0.717) is 5.56 Å². The minimum Gasteiger partial charge on any atom is -0.267 e. The number of alkyl halides is 3. The molecule has 0 atom stereocenters. The van der Waals surface area contributed by atoms with E-state index in [1.807, 2.05) is 49.8 Å². The van der Waals surface area contributed by atoms with Crippen LogP contribution >= 0.6 is 0 Å². The lowest BCUT2D eigenvalue weighted by Crippen LogP contribution is -2.37. The summed E-state index contributed by atoms with van der Waals surface area (Å²) < 4.78 is 40.6. The van der Waals surface area contributed by atoms with Crippen molar-refractivity contribution >= 4 is 5.82 Å². The Morgan fingerprint density at radius 3 is 2.32 bits per heavy atom. The molecule has 2 nitrogen and oxygen atoms in total. The number of aromatic nitrogens is 1. The average Bonchev–Trinajstić information content (AvgIpc) is 2.45. The molecule has 0 saturated heterocycles. The van der Waals surface area contributed by atoms with Crippen molar-refractivity contribution in [2.75, 3.05) is 19.0 Å². The molecule has 0 saturated carbocycles. The van der Waals surface area contributed by atoms with E-state index in [4.69, 9.17) is 0 Å². The zero-order valence-corrected chi connectivity index (χ0v) is 13.2. The summed E-state index contributed by atoms with van der Waals surface area (Å²) in [5.41, 5.74) is 1.84. The van der Waals surface area contributed by atoms with Crippen molar-refractivity contribution in [3.8, 4) is 11.1 Å². The van der Waals surface area contributed by atoms with E-state index in [1.54, 1.807) is 6.07 Å². The highest BCUT2D eigenvalue weighted by Gasteiger charge is 2.30. The van der Waals surface area contributed by atoms with Gasteiger partial charge in [0.25, 0.3) is 5.82 Å². The highest BCUT2D eigenvalue weighted by Crippen LogP contribution is 2.32. The maximum absolute atomic E-state index is 12.9. The first-order chi connectivity index (χ1) is 10.2. The predicted octanol–water partition coefficient (Wildman–Crippen LogP) is 3.83. The van der Waals surface area contributed by atoms with Gasteiger partial charge in [-0.2, -0.15) is 13.2 Å². The van der Waals surface area contributed by atoms with Gasteiger partial charge in [-0.15, -0.1) is 0 Å². The molecular weight excluding hydrogens is 289 g/mol. The molecule has 1 aromatic heterocycles. The first kappa shape index (κ1) is 16.3. The maximum Gasteiger partial charge on any atom is 0.416 e. The second-order valence-corrected chi connectivity index (χ2v) is 5.52. The van der Waals surface area contributed by atoms with Gasteiger partial charge in [-0.25, -0.2) is 4.57 Å². The Balaban J connectivity index is 2.57. The number of benzene rings is 1. The van der Waals surface area contributed by atoms with Gasteiger partial charge in [-0.3, -0.25) is 4.90 Å². The second kappa shape index (κ2) is 5.99. The largest absolute Gasteiger partial charge is 0.416 e. The van der Waals surface area contributed by atoms with Crippen LogP contribution in [-0.2, 0) is 19.6 Å². The van der Waals surface area contributed by atoms with Gasteiger partial charge in [-0.05, 0) is 30.2 Å². The fourth-order valence-electron chi connectivity index (χ4n) is 2.68. The summed E-state index contributed by atoms with van der Waals surface area (Å²) in [7, 11) is 5.82. The Hall–Kier alpha value is -2.04. The Bertz CT molecular complexity index is 676. The van der Waals surface area contributed by atoms with Gasteiger partial charge in [0.05, 0.1) is 32.9 Å². The summed E-state index contributed by atoms with van der Waals surface area (Å²) in [5.74, 6) is 1.05. The van der Waals surface area contributed by atoms with Gasteiger partial charge in [0.1, 0.15) is 0 Å². The molecule has 5 heteroatoms. The van der Waals surface area contributed by atoms with Crippen molar-refractivity contribution in [3.05, 3.63) is 47.7 Å².